The Morgan fingerprint density at radius 3 is 2.57 bits per heavy atom. The zero-order chi connectivity index (χ0) is 10.2. The van der Waals surface area contributed by atoms with E-state index < -0.39 is 5.41 Å². The molecule has 14 heavy (non-hydrogen) atoms. The molecule has 2 rings (SSSR count). The lowest BCUT2D eigenvalue weighted by atomic mass is 9.95. The molecule has 0 amide bonds. The van der Waals surface area contributed by atoms with Crippen LogP contribution in [-0.2, 0) is 5.41 Å². The topological polar surface area (TPSA) is 44.0 Å². The monoisotopic (exact) mass is 207 g/mol. The third-order valence-electron chi connectivity index (χ3n) is 2.88. The number of hydrogen-bond donors (Lipinski definition) is 1. The second-order valence-electron chi connectivity index (χ2n) is 3.67. The van der Waals surface area contributed by atoms with Crippen molar-refractivity contribution in [1.29, 1.82) is 5.26 Å². The Bertz CT molecular complexity index is 381. The lowest BCUT2D eigenvalue weighted by molar-refractivity contribution is 0.269. The van der Waals surface area contributed by atoms with Gasteiger partial charge < -0.3 is 5.11 Å². The second kappa shape index (κ2) is 3.27. The van der Waals surface area contributed by atoms with Crippen molar-refractivity contribution >= 4 is 11.6 Å². The van der Waals surface area contributed by atoms with E-state index in [0.29, 0.717) is 5.02 Å². The van der Waals surface area contributed by atoms with Crippen LogP contribution in [0.5, 0.6) is 0 Å². The largest absolute Gasteiger partial charge is 0.396 e. The number of benzene rings is 1. The van der Waals surface area contributed by atoms with Crippen LogP contribution in [0.2, 0.25) is 5.02 Å². The van der Waals surface area contributed by atoms with Crippen LogP contribution in [0.4, 0.5) is 0 Å². The maximum atomic E-state index is 9.09. The Morgan fingerprint density at radius 2 is 2.14 bits per heavy atom. The van der Waals surface area contributed by atoms with Gasteiger partial charge in [-0.3, -0.25) is 0 Å². The van der Waals surface area contributed by atoms with Gasteiger partial charge >= 0.3 is 0 Å². The molecule has 1 fully saturated rings. The summed E-state index contributed by atoms with van der Waals surface area (Å²) in [6.07, 6.45) is 0.752. The van der Waals surface area contributed by atoms with Crippen molar-refractivity contribution in [2.24, 2.45) is 5.92 Å². The summed E-state index contributed by atoms with van der Waals surface area (Å²) in [7, 11) is 0. The van der Waals surface area contributed by atoms with E-state index in [1.807, 2.05) is 12.1 Å². The maximum Gasteiger partial charge on any atom is 0.0877 e. The molecule has 1 aliphatic carbocycles. The van der Waals surface area contributed by atoms with Crippen molar-refractivity contribution in [3.8, 4) is 6.07 Å². The van der Waals surface area contributed by atoms with E-state index >= 15 is 0 Å². The number of aliphatic hydroxyl groups is 1. The molecule has 1 aromatic rings. The molecular weight excluding hydrogens is 198 g/mol. The first-order valence-electron chi connectivity index (χ1n) is 4.51. The fourth-order valence-corrected chi connectivity index (χ4v) is 1.98. The van der Waals surface area contributed by atoms with Gasteiger partial charge in [-0.1, -0.05) is 23.7 Å². The van der Waals surface area contributed by atoms with Crippen molar-refractivity contribution in [2.45, 2.75) is 11.8 Å². The first kappa shape index (κ1) is 9.51. The van der Waals surface area contributed by atoms with Crippen molar-refractivity contribution in [1.82, 2.24) is 0 Å². The molecule has 0 radical (unpaired) electrons. The zero-order valence-electron chi connectivity index (χ0n) is 7.57. The molecular formula is C11H10ClNO. The molecule has 1 aromatic carbocycles. The highest BCUT2D eigenvalue weighted by atomic mass is 35.5. The number of aliphatic hydroxyl groups excluding tert-OH is 1. The van der Waals surface area contributed by atoms with Gasteiger partial charge in [0.2, 0.25) is 0 Å². The van der Waals surface area contributed by atoms with Gasteiger partial charge in [0.25, 0.3) is 0 Å². The molecule has 72 valence electrons. The summed E-state index contributed by atoms with van der Waals surface area (Å²) in [5.41, 5.74) is 0.503. The molecule has 1 saturated carbocycles. The van der Waals surface area contributed by atoms with Crippen LogP contribution in [0, 0.1) is 17.2 Å². The minimum absolute atomic E-state index is 0.0796. The normalized spacial score (nSPS) is 29.6. The molecule has 2 nitrogen and oxygen atoms in total. The Kier molecular flexibility index (Phi) is 2.22. The number of halogens is 1. The van der Waals surface area contributed by atoms with Crippen molar-refractivity contribution < 1.29 is 5.11 Å². The Balaban J connectivity index is 2.32. The zero-order valence-corrected chi connectivity index (χ0v) is 8.33. The molecule has 1 N–H and O–H groups in total. The van der Waals surface area contributed by atoms with Gasteiger partial charge in [-0.15, -0.1) is 0 Å². The predicted molar refractivity (Wildman–Crippen MR) is 53.9 cm³/mol. The van der Waals surface area contributed by atoms with Gasteiger partial charge in [0.05, 0.1) is 11.5 Å². The summed E-state index contributed by atoms with van der Waals surface area (Å²) < 4.78 is 0. The number of rotatable bonds is 2. The average molecular weight is 208 g/mol. The van der Waals surface area contributed by atoms with E-state index in [1.165, 1.54) is 0 Å². The first-order chi connectivity index (χ1) is 6.73. The smallest absolute Gasteiger partial charge is 0.0877 e. The highest BCUT2D eigenvalue weighted by molar-refractivity contribution is 6.30. The summed E-state index contributed by atoms with van der Waals surface area (Å²) in [5, 5.41) is 18.8. The summed E-state index contributed by atoms with van der Waals surface area (Å²) in [6, 6.07) is 9.57. The van der Waals surface area contributed by atoms with E-state index in [9.17, 15) is 0 Å². The number of nitriles is 1. The Labute approximate surface area is 87.7 Å². The lowest BCUT2D eigenvalue weighted by Crippen LogP contribution is -2.08. The van der Waals surface area contributed by atoms with E-state index in [1.54, 1.807) is 12.1 Å². The van der Waals surface area contributed by atoms with Crippen molar-refractivity contribution in [3.05, 3.63) is 34.9 Å². The third-order valence-corrected chi connectivity index (χ3v) is 3.14. The molecule has 2 unspecified atom stereocenters. The Morgan fingerprint density at radius 1 is 1.50 bits per heavy atom. The molecule has 0 bridgehead atoms. The van der Waals surface area contributed by atoms with Crippen LogP contribution < -0.4 is 0 Å². The van der Waals surface area contributed by atoms with Gasteiger partial charge in [-0.25, -0.2) is 0 Å². The molecule has 0 spiro atoms. The van der Waals surface area contributed by atoms with Crippen LogP contribution in [0.15, 0.2) is 24.3 Å². The van der Waals surface area contributed by atoms with E-state index in [4.69, 9.17) is 22.0 Å². The fraction of sp³-hybridized carbons (Fsp3) is 0.364. The van der Waals surface area contributed by atoms with Gasteiger partial charge in [-0.05, 0) is 24.1 Å². The van der Waals surface area contributed by atoms with Crippen molar-refractivity contribution in [2.75, 3.05) is 6.61 Å². The van der Waals surface area contributed by atoms with E-state index in [2.05, 4.69) is 6.07 Å². The molecule has 1 aliphatic rings. The molecule has 2 atom stereocenters. The van der Waals surface area contributed by atoms with Crippen LogP contribution in [0.3, 0.4) is 0 Å². The molecule has 3 heteroatoms. The molecule has 0 aliphatic heterocycles. The predicted octanol–water partition coefficient (Wildman–Crippen LogP) is 2.11. The lowest BCUT2D eigenvalue weighted by Gasteiger charge is -2.07. The average Bonchev–Trinajstić information content (AvgIpc) is 2.94. The minimum Gasteiger partial charge on any atom is -0.396 e. The number of hydrogen-bond acceptors (Lipinski definition) is 2. The quantitative estimate of drug-likeness (QED) is 0.808. The van der Waals surface area contributed by atoms with Crippen LogP contribution in [-0.4, -0.2) is 11.7 Å². The van der Waals surface area contributed by atoms with E-state index in [-0.39, 0.29) is 12.5 Å². The summed E-state index contributed by atoms with van der Waals surface area (Å²) >= 11 is 5.76. The summed E-state index contributed by atoms with van der Waals surface area (Å²) in [4.78, 5) is 0. The second-order valence-corrected chi connectivity index (χ2v) is 4.11. The minimum atomic E-state index is -0.459. The Hall–Kier alpha value is -1.04. The summed E-state index contributed by atoms with van der Waals surface area (Å²) in [6.45, 7) is 0.0796. The highest BCUT2D eigenvalue weighted by Crippen LogP contribution is 2.53. The van der Waals surface area contributed by atoms with Crippen LogP contribution in [0.25, 0.3) is 0 Å². The van der Waals surface area contributed by atoms with Gasteiger partial charge in [0.1, 0.15) is 0 Å². The van der Waals surface area contributed by atoms with Gasteiger partial charge in [0, 0.05) is 17.5 Å². The van der Waals surface area contributed by atoms with Gasteiger partial charge in [0.15, 0.2) is 0 Å². The summed E-state index contributed by atoms with van der Waals surface area (Å²) in [5.74, 6) is 0.0914. The van der Waals surface area contributed by atoms with E-state index in [0.717, 1.165) is 12.0 Å². The molecule has 0 heterocycles. The van der Waals surface area contributed by atoms with Crippen molar-refractivity contribution in [3.63, 3.8) is 0 Å². The van der Waals surface area contributed by atoms with Crippen LogP contribution >= 0.6 is 11.6 Å². The molecule has 0 aromatic heterocycles. The highest BCUT2D eigenvalue weighted by Gasteiger charge is 2.55. The fourth-order valence-electron chi connectivity index (χ4n) is 1.85. The van der Waals surface area contributed by atoms with Gasteiger partial charge in [-0.2, -0.15) is 5.26 Å². The third kappa shape index (κ3) is 1.30. The maximum absolute atomic E-state index is 9.09. The molecule has 0 saturated heterocycles. The standard InChI is InChI=1S/C11H10ClNO/c12-10-3-1-8(2-4-10)11(7-13)5-9(11)6-14/h1-4,9,14H,5-6H2. The first-order valence-corrected chi connectivity index (χ1v) is 4.89. The SMILES string of the molecule is N#CC1(c2ccc(Cl)cc2)CC1CO. The number of nitrogens with zero attached hydrogens (tertiary/aromatic N) is 1. The van der Waals surface area contributed by atoms with Crippen LogP contribution in [0.1, 0.15) is 12.0 Å².